The van der Waals surface area contributed by atoms with Crippen molar-refractivity contribution in [3.05, 3.63) is 23.2 Å². The van der Waals surface area contributed by atoms with Crippen molar-refractivity contribution in [3.63, 3.8) is 0 Å². The second-order valence-electron chi connectivity index (χ2n) is 4.58. The van der Waals surface area contributed by atoms with Crippen LogP contribution in [0.5, 0.6) is 5.75 Å². The lowest BCUT2D eigenvalue weighted by atomic mass is 9.89. The van der Waals surface area contributed by atoms with Gasteiger partial charge in [-0.05, 0) is 32.0 Å². The van der Waals surface area contributed by atoms with Crippen molar-refractivity contribution in [3.8, 4) is 5.75 Å². The average Bonchev–Trinajstić information content (AvgIpc) is 2.22. The van der Waals surface area contributed by atoms with Crippen molar-refractivity contribution < 1.29 is 19.8 Å². The summed E-state index contributed by atoms with van der Waals surface area (Å²) in [4.78, 5) is 22.5. The van der Waals surface area contributed by atoms with Gasteiger partial charge in [-0.2, -0.15) is 0 Å². The lowest BCUT2D eigenvalue weighted by Crippen LogP contribution is -2.29. The number of aromatic hydroxyl groups is 1. The Labute approximate surface area is 109 Å². The second-order valence-corrected chi connectivity index (χ2v) is 4.99. The number of nitrogens with one attached hydrogen (secondary N) is 1. The van der Waals surface area contributed by atoms with Gasteiger partial charge in [0.2, 0.25) is 5.91 Å². The van der Waals surface area contributed by atoms with Gasteiger partial charge in [-0.25, -0.2) is 0 Å². The summed E-state index contributed by atoms with van der Waals surface area (Å²) in [5, 5.41) is 20.8. The van der Waals surface area contributed by atoms with E-state index in [4.69, 9.17) is 16.7 Å². The van der Waals surface area contributed by atoms with E-state index in [1.807, 2.05) is 0 Å². The number of phenols is 1. The van der Waals surface area contributed by atoms with Crippen LogP contribution in [0.2, 0.25) is 5.02 Å². The quantitative estimate of drug-likeness (QED) is 0.734. The van der Waals surface area contributed by atoms with Crippen molar-refractivity contribution in [1.29, 1.82) is 0 Å². The fourth-order valence-corrected chi connectivity index (χ4v) is 1.45. The topological polar surface area (TPSA) is 86.6 Å². The average molecular weight is 272 g/mol. The SMILES string of the molecule is CC(C)(CC(=O)Nc1ccc(O)c(Cl)c1)C(=O)O. The maximum Gasteiger partial charge on any atom is 0.309 e. The van der Waals surface area contributed by atoms with Crippen LogP contribution in [0.4, 0.5) is 5.69 Å². The summed E-state index contributed by atoms with van der Waals surface area (Å²) in [5.41, 5.74) is -0.728. The Morgan fingerprint density at radius 3 is 2.50 bits per heavy atom. The second kappa shape index (κ2) is 5.27. The molecule has 1 aromatic carbocycles. The molecule has 0 bridgehead atoms. The molecule has 0 spiro atoms. The Kier molecular flexibility index (Phi) is 4.19. The van der Waals surface area contributed by atoms with Crippen LogP contribution in [0, 0.1) is 5.41 Å². The Hall–Kier alpha value is -1.75. The fourth-order valence-electron chi connectivity index (χ4n) is 1.27. The van der Waals surface area contributed by atoms with Crippen LogP contribution < -0.4 is 5.32 Å². The molecule has 0 aliphatic carbocycles. The van der Waals surface area contributed by atoms with Gasteiger partial charge in [0.05, 0.1) is 10.4 Å². The monoisotopic (exact) mass is 271 g/mol. The van der Waals surface area contributed by atoms with E-state index in [0.29, 0.717) is 5.69 Å². The number of carbonyl (C=O) groups is 2. The van der Waals surface area contributed by atoms with E-state index < -0.39 is 17.3 Å². The first-order chi connectivity index (χ1) is 8.22. The van der Waals surface area contributed by atoms with Gasteiger partial charge < -0.3 is 15.5 Å². The van der Waals surface area contributed by atoms with Gasteiger partial charge in [0, 0.05) is 12.1 Å². The molecule has 3 N–H and O–H groups in total. The number of benzene rings is 1. The number of carboxylic acids is 1. The van der Waals surface area contributed by atoms with Gasteiger partial charge in [0.25, 0.3) is 0 Å². The fraction of sp³-hybridized carbons (Fsp3) is 0.333. The summed E-state index contributed by atoms with van der Waals surface area (Å²) in [5.74, 6) is -1.55. The third kappa shape index (κ3) is 3.63. The smallest absolute Gasteiger partial charge is 0.309 e. The van der Waals surface area contributed by atoms with Gasteiger partial charge in [-0.1, -0.05) is 11.6 Å². The van der Waals surface area contributed by atoms with E-state index in [1.165, 1.54) is 32.0 Å². The summed E-state index contributed by atoms with van der Waals surface area (Å²) < 4.78 is 0. The summed E-state index contributed by atoms with van der Waals surface area (Å²) >= 11 is 5.69. The Morgan fingerprint density at radius 2 is 2.00 bits per heavy atom. The van der Waals surface area contributed by atoms with Crippen LogP contribution in [-0.2, 0) is 9.59 Å². The molecule has 6 heteroatoms. The van der Waals surface area contributed by atoms with Crippen molar-refractivity contribution >= 4 is 29.2 Å². The van der Waals surface area contributed by atoms with E-state index in [9.17, 15) is 14.7 Å². The molecule has 0 atom stereocenters. The first-order valence-corrected chi connectivity index (χ1v) is 5.62. The van der Waals surface area contributed by atoms with Crippen LogP contribution in [0.15, 0.2) is 18.2 Å². The summed E-state index contributed by atoms with van der Waals surface area (Å²) in [6.07, 6.45) is -0.152. The molecule has 0 aliphatic rings. The van der Waals surface area contributed by atoms with E-state index in [0.717, 1.165) is 0 Å². The Balaban J connectivity index is 2.71. The van der Waals surface area contributed by atoms with Crippen molar-refractivity contribution in [2.24, 2.45) is 5.41 Å². The van der Waals surface area contributed by atoms with Crippen LogP contribution in [0.25, 0.3) is 0 Å². The number of hydrogen-bond donors (Lipinski definition) is 3. The van der Waals surface area contributed by atoms with E-state index in [1.54, 1.807) is 0 Å². The number of carboxylic acid groups (broad SMARTS) is 1. The molecule has 0 fully saturated rings. The number of aliphatic carboxylic acids is 1. The minimum Gasteiger partial charge on any atom is -0.506 e. The Bertz CT molecular complexity index is 485. The third-order valence-electron chi connectivity index (χ3n) is 2.41. The molecule has 1 amide bonds. The highest BCUT2D eigenvalue weighted by molar-refractivity contribution is 6.32. The molecule has 18 heavy (non-hydrogen) atoms. The first-order valence-electron chi connectivity index (χ1n) is 5.24. The van der Waals surface area contributed by atoms with Crippen LogP contribution in [-0.4, -0.2) is 22.1 Å². The largest absolute Gasteiger partial charge is 0.506 e. The summed E-state index contributed by atoms with van der Waals surface area (Å²) in [7, 11) is 0. The summed E-state index contributed by atoms with van der Waals surface area (Å²) in [6.45, 7) is 2.94. The van der Waals surface area contributed by atoms with Crippen LogP contribution in [0.1, 0.15) is 20.3 Å². The maximum atomic E-state index is 11.6. The van der Waals surface area contributed by atoms with Crippen molar-refractivity contribution in [1.82, 2.24) is 0 Å². The molecule has 1 rings (SSSR count). The maximum absolute atomic E-state index is 11.6. The van der Waals surface area contributed by atoms with Crippen LogP contribution >= 0.6 is 11.6 Å². The number of carbonyl (C=O) groups excluding carboxylic acids is 1. The molecule has 0 heterocycles. The zero-order valence-electron chi connectivity index (χ0n) is 10.0. The standard InChI is InChI=1S/C12H14ClNO4/c1-12(2,11(17)18)6-10(16)14-7-3-4-9(15)8(13)5-7/h3-5,15H,6H2,1-2H3,(H,14,16)(H,17,18). The molecule has 0 unspecified atom stereocenters. The third-order valence-corrected chi connectivity index (χ3v) is 2.72. The number of anilines is 1. The summed E-state index contributed by atoms with van der Waals surface area (Å²) in [6, 6.07) is 4.22. The molecular weight excluding hydrogens is 258 g/mol. The number of amides is 1. The zero-order valence-corrected chi connectivity index (χ0v) is 10.8. The first kappa shape index (κ1) is 14.3. The number of hydrogen-bond acceptors (Lipinski definition) is 3. The van der Waals surface area contributed by atoms with Gasteiger partial charge >= 0.3 is 5.97 Å². The van der Waals surface area contributed by atoms with Crippen molar-refractivity contribution in [2.45, 2.75) is 20.3 Å². The predicted molar refractivity (Wildman–Crippen MR) is 67.8 cm³/mol. The highest BCUT2D eigenvalue weighted by atomic mass is 35.5. The molecule has 0 saturated heterocycles. The van der Waals surface area contributed by atoms with E-state index >= 15 is 0 Å². The van der Waals surface area contributed by atoms with Gasteiger partial charge in [0.1, 0.15) is 5.75 Å². The number of phenolic OH excluding ortho intramolecular Hbond substituents is 1. The Morgan fingerprint density at radius 1 is 1.39 bits per heavy atom. The molecule has 98 valence electrons. The molecular formula is C12H14ClNO4. The molecule has 0 radical (unpaired) electrons. The van der Waals surface area contributed by atoms with Gasteiger partial charge in [-0.3, -0.25) is 9.59 Å². The lowest BCUT2D eigenvalue weighted by Gasteiger charge is -2.18. The normalized spacial score (nSPS) is 11.1. The lowest BCUT2D eigenvalue weighted by molar-refractivity contribution is -0.148. The highest BCUT2D eigenvalue weighted by Crippen LogP contribution is 2.27. The molecule has 0 aliphatic heterocycles. The predicted octanol–water partition coefficient (Wildman–Crippen LogP) is 2.48. The molecule has 5 nitrogen and oxygen atoms in total. The van der Waals surface area contributed by atoms with Gasteiger partial charge in [0.15, 0.2) is 0 Å². The molecule has 0 saturated carbocycles. The molecule has 1 aromatic rings. The van der Waals surface area contributed by atoms with E-state index in [-0.39, 0.29) is 17.2 Å². The number of rotatable bonds is 4. The minimum absolute atomic E-state index is 0.0828. The number of halogens is 1. The zero-order chi connectivity index (χ0) is 13.9. The van der Waals surface area contributed by atoms with Crippen molar-refractivity contribution in [2.75, 3.05) is 5.32 Å². The highest BCUT2D eigenvalue weighted by Gasteiger charge is 2.30. The van der Waals surface area contributed by atoms with E-state index in [2.05, 4.69) is 5.32 Å². The molecule has 0 aromatic heterocycles. The minimum atomic E-state index is -1.13. The van der Waals surface area contributed by atoms with Crippen LogP contribution in [0.3, 0.4) is 0 Å². The van der Waals surface area contributed by atoms with Gasteiger partial charge in [-0.15, -0.1) is 0 Å².